The van der Waals surface area contributed by atoms with Gasteiger partial charge in [0.1, 0.15) is 0 Å². The van der Waals surface area contributed by atoms with Crippen molar-refractivity contribution in [2.75, 3.05) is 7.11 Å². The summed E-state index contributed by atoms with van der Waals surface area (Å²) in [4.78, 5) is 51.0. The van der Waals surface area contributed by atoms with Gasteiger partial charge in [0.2, 0.25) is 5.78 Å². The number of hydrogen-bond donors (Lipinski definition) is 0. The Labute approximate surface area is 161 Å². The number of halogens is 1. The molecule has 0 saturated heterocycles. The molecule has 0 aliphatic carbocycles. The van der Waals surface area contributed by atoms with Crippen LogP contribution in [-0.2, 0) is 28.7 Å². The van der Waals surface area contributed by atoms with E-state index < -0.39 is 17.0 Å². The zero-order chi connectivity index (χ0) is 19.2. The van der Waals surface area contributed by atoms with Crippen LogP contribution in [-0.4, -0.2) is 35.7 Å². The maximum Gasteiger partial charge on any atom is 1.00 e. The molecule has 0 aromatic heterocycles. The molecule has 8 heteroatoms. The van der Waals surface area contributed by atoms with Crippen LogP contribution in [0.5, 0.6) is 0 Å². The molecule has 0 aromatic carbocycles. The molecule has 0 fully saturated rings. The van der Waals surface area contributed by atoms with Crippen LogP contribution in [0.4, 0.5) is 0 Å². The molecule has 0 rings (SSSR count). The third kappa shape index (κ3) is 29.0. The van der Waals surface area contributed by atoms with E-state index in [1.54, 1.807) is 0 Å². The molecule has 24 heavy (non-hydrogen) atoms. The third-order valence-electron chi connectivity index (χ3n) is 2.03. The van der Waals surface area contributed by atoms with Gasteiger partial charge in [-0.05, 0) is 23.4 Å². The van der Waals surface area contributed by atoms with E-state index in [4.69, 9.17) is 11.6 Å². The number of rotatable bonds is 6. The molecule has 0 atom stereocenters. The first-order chi connectivity index (χ1) is 10.3. The summed E-state index contributed by atoms with van der Waals surface area (Å²) in [5, 5.41) is -0.858. The van der Waals surface area contributed by atoms with Gasteiger partial charge in [-0.25, -0.2) is 0 Å². The fourth-order valence-corrected chi connectivity index (χ4v) is 1.04. The third-order valence-corrected chi connectivity index (χ3v) is 2.24. The summed E-state index contributed by atoms with van der Waals surface area (Å²) in [5.74, 6) is -1.08. The van der Waals surface area contributed by atoms with Gasteiger partial charge in [-0.3, -0.25) is 30.9 Å². The number of methoxy groups -OCH3 is 1. The van der Waals surface area contributed by atoms with E-state index >= 15 is 0 Å². The summed E-state index contributed by atoms with van der Waals surface area (Å²) in [7, 11) is 1.29. The Balaban J connectivity index is -0.000000128. The van der Waals surface area contributed by atoms with Gasteiger partial charge in [0.05, 0.1) is 7.11 Å². The van der Waals surface area contributed by atoms with Crippen molar-refractivity contribution in [3.05, 3.63) is 6.92 Å². The normalized spacial score (nSPS) is 8.71. The Bertz CT molecular complexity index is 387. The molecule has 0 aliphatic heterocycles. The number of ketones is 3. The first-order valence-electron chi connectivity index (χ1n) is 7.01. The zero-order valence-corrected chi connectivity index (χ0v) is 16.4. The van der Waals surface area contributed by atoms with Crippen LogP contribution in [0.25, 0.3) is 0 Å². The van der Waals surface area contributed by atoms with Crippen molar-refractivity contribution >= 4 is 40.2 Å². The van der Waals surface area contributed by atoms with E-state index in [2.05, 4.69) is 11.7 Å². The molecule has 0 radical (unpaired) electrons. The molecule has 134 valence electrons. The van der Waals surface area contributed by atoms with E-state index in [9.17, 15) is 24.0 Å². The van der Waals surface area contributed by atoms with Crippen LogP contribution in [0, 0.1) is 18.8 Å². The Morgan fingerprint density at radius 2 is 1.21 bits per heavy atom. The zero-order valence-electron chi connectivity index (χ0n) is 15.6. The number of ether oxygens (including phenoxy) is 1. The molecule has 0 aromatic rings. The summed E-state index contributed by atoms with van der Waals surface area (Å²) >= 11 is 4.88. The van der Waals surface area contributed by atoms with Crippen molar-refractivity contribution in [2.24, 2.45) is 11.8 Å². The predicted octanol–water partition coefficient (Wildman–Crippen LogP) is -0.445. The van der Waals surface area contributed by atoms with E-state index in [1.165, 1.54) is 14.0 Å². The number of Topliss-reactive ketones (excluding diaryl/α,β-unsaturated/α-hetero) is 3. The second-order valence-electron chi connectivity index (χ2n) is 5.45. The molecule has 0 saturated carbocycles. The molecule has 0 heterocycles. The standard InChI is InChI=1S/C7H12O2.C6H9ClO2.C3H5O2.Li/c1-5(2)4-7(9)6(3)8;1-4(2)3-5(8)6(7)9;1-3(4)5-2;/h5H,4H2,1-3H3;4H,3H2,1-2H3;1H2,2H3;/q;;-1;+1. The van der Waals surface area contributed by atoms with E-state index in [1.807, 2.05) is 27.7 Å². The second-order valence-corrected chi connectivity index (χ2v) is 5.79. The van der Waals surface area contributed by atoms with Crippen LogP contribution in [0.3, 0.4) is 0 Å². The summed E-state index contributed by atoms with van der Waals surface area (Å²) < 4.78 is 4.00. The fraction of sp³-hybridized carbons (Fsp3) is 0.625. The quantitative estimate of drug-likeness (QED) is 0.210. The van der Waals surface area contributed by atoms with Gasteiger partial charge < -0.3 is 4.74 Å². The van der Waals surface area contributed by atoms with Crippen LogP contribution in [0.15, 0.2) is 0 Å². The first-order valence-corrected chi connectivity index (χ1v) is 7.39. The van der Waals surface area contributed by atoms with Gasteiger partial charge in [-0.1, -0.05) is 27.7 Å². The van der Waals surface area contributed by atoms with Crippen molar-refractivity contribution in [3.8, 4) is 0 Å². The minimum absolute atomic E-state index is 0. The van der Waals surface area contributed by atoms with Crippen LogP contribution >= 0.6 is 11.6 Å². The summed E-state index contributed by atoms with van der Waals surface area (Å²) in [6.07, 6.45) is 0.637. The number of carbonyl (C=O) groups is 5. The summed E-state index contributed by atoms with van der Waals surface area (Å²) in [6.45, 7) is 11.8. The monoisotopic (exact) mass is 356 g/mol. The maximum atomic E-state index is 10.6. The molecule has 0 aliphatic rings. The summed E-state index contributed by atoms with van der Waals surface area (Å²) in [5.41, 5.74) is 0. The molecule has 0 bridgehead atoms. The maximum absolute atomic E-state index is 10.6. The van der Waals surface area contributed by atoms with Gasteiger partial charge in [0, 0.05) is 19.8 Å². The Morgan fingerprint density at radius 1 is 0.917 bits per heavy atom. The Morgan fingerprint density at radius 3 is 1.29 bits per heavy atom. The average molecular weight is 357 g/mol. The predicted molar refractivity (Wildman–Crippen MR) is 87.8 cm³/mol. The molecule has 0 N–H and O–H groups in total. The number of carbonyl (C=O) groups excluding carboxylic acids is 5. The van der Waals surface area contributed by atoms with E-state index in [0.717, 1.165) is 0 Å². The van der Waals surface area contributed by atoms with E-state index in [0.29, 0.717) is 12.3 Å². The Hall–Kier alpha value is -1.09. The van der Waals surface area contributed by atoms with Gasteiger partial charge in [0.15, 0.2) is 17.5 Å². The van der Waals surface area contributed by atoms with Gasteiger partial charge in [-0.15, -0.1) is 0 Å². The minimum atomic E-state index is -0.858. The van der Waals surface area contributed by atoms with Gasteiger partial charge in [-0.2, -0.15) is 0 Å². The SMILES string of the molecule is CC(=O)C(=O)CC(C)C.CC(C)CC(=O)C(=O)Cl.[CH2-]C(=O)OC.[Li+]. The molecule has 0 amide bonds. The number of esters is 1. The smallest absolute Gasteiger partial charge is 0.492 e. The van der Waals surface area contributed by atoms with Gasteiger partial charge in [0.25, 0.3) is 5.24 Å². The topological polar surface area (TPSA) is 94.6 Å². The van der Waals surface area contributed by atoms with Crippen LogP contribution < -0.4 is 18.9 Å². The first kappa shape index (κ1) is 30.8. The van der Waals surface area contributed by atoms with Crippen molar-refractivity contribution in [2.45, 2.75) is 47.5 Å². The largest absolute Gasteiger partial charge is 1.00 e. The molecular formula is C16H26ClLiO6. The second kappa shape index (κ2) is 18.2. The average Bonchev–Trinajstić information content (AvgIpc) is 2.38. The minimum Gasteiger partial charge on any atom is -0.492 e. The van der Waals surface area contributed by atoms with Crippen molar-refractivity contribution in [3.63, 3.8) is 0 Å². The number of hydrogen-bond acceptors (Lipinski definition) is 6. The Kier molecular flexibility index (Phi) is 23.4. The molecule has 0 spiro atoms. The van der Waals surface area contributed by atoms with Gasteiger partial charge >= 0.3 is 18.9 Å². The molecular weight excluding hydrogens is 331 g/mol. The molecule has 6 nitrogen and oxygen atoms in total. The summed E-state index contributed by atoms with van der Waals surface area (Å²) in [6, 6.07) is 0. The van der Waals surface area contributed by atoms with Crippen LogP contribution in [0.1, 0.15) is 47.5 Å². The van der Waals surface area contributed by atoms with Crippen molar-refractivity contribution < 1.29 is 47.6 Å². The van der Waals surface area contributed by atoms with Crippen LogP contribution in [0.2, 0.25) is 0 Å². The van der Waals surface area contributed by atoms with Crippen molar-refractivity contribution in [1.29, 1.82) is 0 Å². The van der Waals surface area contributed by atoms with E-state index in [-0.39, 0.29) is 42.8 Å². The van der Waals surface area contributed by atoms with Crippen molar-refractivity contribution in [1.82, 2.24) is 0 Å². The fourth-order valence-electron chi connectivity index (χ4n) is 0.966. The molecule has 0 unspecified atom stereocenters.